The van der Waals surface area contributed by atoms with Crippen LogP contribution in [0.15, 0.2) is 0 Å². The maximum Gasteiger partial charge on any atom is 0.407 e. The molecule has 0 aromatic carbocycles. The average Bonchev–Trinajstić information content (AvgIpc) is 3.19. The first-order chi connectivity index (χ1) is 30.0. The van der Waals surface area contributed by atoms with E-state index in [9.17, 15) is 24.0 Å². The Labute approximate surface area is 374 Å². The van der Waals surface area contributed by atoms with Crippen molar-refractivity contribution in [1.82, 2.24) is 41.7 Å². The third kappa shape index (κ3) is 43.5. The van der Waals surface area contributed by atoms with Crippen molar-refractivity contribution in [3.05, 3.63) is 0 Å². The number of rotatable bonds is 40. The molecule has 0 saturated carbocycles. The summed E-state index contributed by atoms with van der Waals surface area (Å²) in [6.45, 7) is 19.8. The molecule has 0 radical (unpaired) electrons. The van der Waals surface area contributed by atoms with E-state index in [2.05, 4.69) is 31.9 Å². The fraction of sp³-hybridized carbons (Fsp3) is 0.875. The molecule has 0 aromatic heterocycles. The van der Waals surface area contributed by atoms with Gasteiger partial charge in [0.15, 0.2) is 0 Å². The summed E-state index contributed by atoms with van der Waals surface area (Å²) in [5, 5.41) is 16.8. The van der Waals surface area contributed by atoms with Crippen LogP contribution in [0, 0.1) is 0 Å². The molecule has 0 heterocycles. The number of hydrogen-bond acceptors (Lipinski definition) is 18. The summed E-state index contributed by atoms with van der Waals surface area (Å²) in [6, 6.07) is 0. The molecule has 0 bridgehead atoms. The third-order valence-corrected chi connectivity index (χ3v) is 7.72. The minimum Gasteiger partial charge on any atom is -0.444 e. The predicted octanol–water partition coefficient (Wildman–Crippen LogP) is -2.41. The molecule has 370 valence electrons. The second kappa shape index (κ2) is 38.9. The van der Waals surface area contributed by atoms with Gasteiger partial charge in [-0.05, 0) is 41.5 Å². The summed E-state index contributed by atoms with van der Waals surface area (Å²) >= 11 is 0. The van der Waals surface area contributed by atoms with Crippen LogP contribution in [0.4, 0.5) is 9.59 Å². The Balaban J connectivity index is 4.65. The fourth-order valence-electron chi connectivity index (χ4n) is 4.94. The van der Waals surface area contributed by atoms with Crippen molar-refractivity contribution in [3.63, 3.8) is 0 Å². The molecule has 0 aliphatic rings. The number of hydrogen-bond donors (Lipinski definition) is 8. The van der Waals surface area contributed by atoms with Crippen molar-refractivity contribution in [2.45, 2.75) is 52.7 Å². The zero-order valence-corrected chi connectivity index (χ0v) is 38.9. The van der Waals surface area contributed by atoms with Crippen LogP contribution in [0.5, 0.6) is 0 Å². The van der Waals surface area contributed by atoms with Crippen molar-refractivity contribution in [1.29, 1.82) is 0 Å². The lowest BCUT2D eigenvalue weighted by molar-refractivity contribution is -0.124. The Morgan fingerprint density at radius 2 is 0.762 bits per heavy atom. The number of alkyl carbamates (subject to hydrolysis) is 2. The number of nitrogens with zero attached hydrogens (tertiary/aromatic N) is 2. The van der Waals surface area contributed by atoms with Gasteiger partial charge in [-0.15, -0.1) is 0 Å². The average molecular weight is 911 g/mol. The molecule has 0 aliphatic heterocycles. The monoisotopic (exact) mass is 911 g/mol. The molecule has 23 nitrogen and oxygen atoms in total. The normalized spacial score (nSPS) is 11.7. The SMILES string of the molecule is CC(C)(C)OC(=O)NCCOCCOCCNC(=O)CNCCN(CCN(CCN)CC(=O)NCCOCCOCCN)CC(=O)NCCOCCOCCNC(=O)OC(C)(C)C. The highest BCUT2D eigenvalue weighted by Gasteiger charge is 2.17. The van der Waals surface area contributed by atoms with E-state index >= 15 is 0 Å². The lowest BCUT2D eigenvalue weighted by Gasteiger charge is -2.27. The fourth-order valence-corrected chi connectivity index (χ4v) is 4.94. The minimum absolute atomic E-state index is 0.0685. The first kappa shape index (κ1) is 59.5. The van der Waals surface area contributed by atoms with Gasteiger partial charge in [-0.3, -0.25) is 24.2 Å². The van der Waals surface area contributed by atoms with Crippen LogP contribution in [-0.2, 0) is 52.3 Å². The van der Waals surface area contributed by atoms with Crippen LogP contribution in [0.25, 0.3) is 0 Å². The minimum atomic E-state index is -0.573. The van der Waals surface area contributed by atoms with Crippen LogP contribution in [0.2, 0.25) is 0 Å². The highest BCUT2D eigenvalue weighted by atomic mass is 16.6. The van der Waals surface area contributed by atoms with Gasteiger partial charge in [0.25, 0.3) is 0 Å². The summed E-state index contributed by atoms with van der Waals surface area (Å²) < 4.78 is 43.0. The lowest BCUT2D eigenvalue weighted by Crippen LogP contribution is -2.47. The molecule has 0 atom stereocenters. The molecule has 0 spiro atoms. The van der Waals surface area contributed by atoms with E-state index in [1.54, 1.807) is 41.5 Å². The molecule has 0 aliphatic carbocycles. The number of nitrogens with one attached hydrogen (secondary N) is 6. The van der Waals surface area contributed by atoms with Crippen LogP contribution < -0.4 is 43.4 Å². The molecule has 0 rings (SSSR count). The summed E-state index contributed by atoms with van der Waals surface area (Å²) in [6.07, 6.45) is -1.01. The molecular weight excluding hydrogens is 828 g/mol. The van der Waals surface area contributed by atoms with Gasteiger partial charge >= 0.3 is 12.2 Å². The molecule has 23 heteroatoms. The molecule has 0 fully saturated rings. The first-order valence-corrected chi connectivity index (χ1v) is 21.8. The molecule has 5 amide bonds. The molecule has 63 heavy (non-hydrogen) atoms. The Morgan fingerprint density at radius 3 is 1.13 bits per heavy atom. The van der Waals surface area contributed by atoms with Crippen molar-refractivity contribution in [3.8, 4) is 0 Å². The first-order valence-electron chi connectivity index (χ1n) is 21.8. The maximum atomic E-state index is 12.9. The summed E-state index contributed by atoms with van der Waals surface area (Å²) in [4.78, 5) is 65.2. The van der Waals surface area contributed by atoms with Gasteiger partial charge in [0, 0.05) is 78.5 Å². The molecule has 10 N–H and O–H groups in total. The quantitative estimate of drug-likeness (QED) is 0.0297. The number of ether oxygens (including phenoxy) is 8. The Bertz CT molecular complexity index is 1200. The number of amides is 5. The van der Waals surface area contributed by atoms with Crippen molar-refractivity contribution in [2.75, 3.05) is 177 Å². The topological polar surface area (TPSA) is 290 Å². The number of nitrogens with two attached hydrogens (primary N) is 2. The molecule has 0 unspecified atom stereocenters. The van der Waals surface area contributed by atoms with Crippen molar-refractivity contribution in [2.24, 2.45) is 11.5 Å². The number of carbonyl (C=O) groups is 5. The second-order valence-corrected chi connectivity index (χ2v) is 15.9. The van der Waals surface area contributed by atoms with E-state index < -0.39 is 23.4 Å². The van der Waals surface area contributed by atoms with E-state index in [1.807, 2.05) is 9.80 Å². The summed E-state index contributed by atoms with van der Waals surface area (Å²) in [7, 11) is 0. The smallest absolute Gasteiger partial charge is 0.407 e. The molecular formula is C40H82N10O13. The van der Waals surface area contributed by atoms with Crippen molar-refractivity contribution < 1.29 is 61.9 Å². The zero-order valence-electron chi connectivity index (χ0n) is 38.9. The predicted molar refractivity (Wildman–Crippen MR) is 236 cm³/mol. The maximum absolute atomic E-state index is 12.9. The van der Waals surface area contributed by atoms with Gasteiger partial charge in [-0.1, -0.05) is 0 Å². The molecule has 0 aromatic rings. The summed E-state index contributed by atoms with van der Waals surface area (Å²) in [5.41, 5.74) is 10.1. The Morgan fingerprint density at radius 1 is 0.413 bits per heavy atom. The highest BCUT2D eigenvalue weighted by Crippen LogP contribution is 2.07. The van der Waals surface area contributed by atoms with Crippen LogP contribution >= 0.6 is 0 Å². The lowest BCUT2D eigenvalue weighted by atomic mass is 10.2. The van der Waals surface area contributed by atoms with E-state index in [1.165, 1.54) is 0 Å². The Hall–Kier alpha value is -3.49. The van der Waals surface area contributed by atoms with Gasteiger partial charge in [0.1, 0.15) is 11.2 Å². The van der Waals surface area contributed by atoms with E-state index in [0.717, 1.165) is 0 Å². The third-order valence-electron chi connectivity index (χ3n) is 7.72. The van der Waals surface area contributed by atoms with Gasteiger partial charge < -0.3 is 81.3 Å². The standard InChI is InChI=1S/C40H82N10O13/c1-39(2,3)62-37(54)47-13-23-60-29-27-57-20-10-44-34(51)31-43-9-16-50(18-17-49(15-7-41)32-35(52)45-11-21-58-26-25-56-19-8-42)33-36(53)46-12-22-59-28-30-61-24-14-48-38(55)63-40(4,5)6/h43H,7-33,41-42H2,1-6H3,(H,44,51)(H,45,52)(H,46,53)(H,47,54)(H,48,55). The van der Waals surface area contributed by atoms with Gasteiger partial charge in [-0.25, -0.2) is 9.59 Å². The van der Waals surface area contributed by atoms with Gasteiger partial charge in [-0.2, -0.15) is 0 Å². The van der Waals surface area contributed by atoms with Gasteiger partial charge in [0.2, 0.25) is 17.7 Å². The largest absolute Gasteiger partial charge is 0.444 e. The highest BCUT2D eigenvalue weighted by molar-refractivity contribution is 5.78. The van der Waals surface area contributed by atoms with Crippen LogP contribution in [0.1, 0.15) is 41.5 Å². The van der Waals surface area contributed by atoms with E-state index in [-0.39, 0.29) is 44.0 Å². The zero-order chi connectivity index (χ0) is 47.0. The van der Waals surface area contributed by atoms with E-state index in [4.69, 9.17) is 49.4 Å². The second-order valence-electron chi connectivity index (χ2n) is 15.9. The number of carbonyl (C=O) groups excluding carboxylic acids is 5. The summed E-state index contributed by atoms with van der Waals surface area (Å²) in [5.74, 6) is -0.587. The van der Waals surface area contributed by atoms with Crippen LogP contribution in [0.3, 0.4) is 0 Å². The Kier molecular flexibility index (Phi) is 36.8. The van der Waals surface area contributed by atoms with E-state index in [0.29, 0.717) is 151 Å². The molecule has 0 saturated heterocycles. The van der Waals surface area contributed by atoms with Crippen molar-refractivity contribution >= 4 is 29.9 Å². The van der Waals surface area contributed by atoms with Gasteiger partial charge in [0.05, 0.1) is 98.9 Å². The van der Waals surface area contributed by atoms with Crippen LogP contribution in [-0.4, -0.2) is 228 Å².